The van der Waals surface area contributed by atoms with Crippen molar-refractivity contribution >= 4 is 23.2 Å². The first kappa shape index (κ1) is 14.1. The van der Waals surface area contributed by atoms with Crippen molar-refractivity contribution in [2.75, 3.05) is 13.6 Å². The molecular formula is C14H20N2O2S. The zero-order chi connectivity index (χ0) is 14.0. The van der Waals surface area contributed by atoms with Crippen LogP contribution in [0, 0.1) is 0 Å². The van der Waals surface area contributed by atoms with Gasteiger partial charge in [-0.05, 0) is 44.7 Å². The minimum atomic E-state index is -0.116. The second kappa shape index (κ2) is 5.74. The van der Waals surface area contributed by atoms with E-state index in [0.717, 1.165) is 17.7 Å². The molecule has 0 saturated heterocycles. The van der Waals surface area contributed by atoms with Crippen molar-refractivity contribution < 1.29 is 9.59 Å². The molecule has 1 heterocycles. The number of carbonyl (C=O) groups excluding carboxylic acids is 2. The largest absolute Gasteiger partial charge is 0.352 e. The molecule has 1 N–H and O–H groups in total. The number of nitrogens with zero attached hydrogens (tertiary/aromatic N) is 1. The van der Waals surface area contributed by atoms with Crippen LogP contribution in [0.5, 0.6) is 0 Å². The molecule has 1 aromatic rings. The van der Waals surface area contributed by atoms with E-state index in [1.165, 1.54) is 21.8 Å². The Labute approximate surface area is 117 Å². The molecule has 0 atom stereocenters. The highest BCUT2D eigenvalue weighted by atomic mass is 32.1. The van der Waals surface area contributed by atoms with Crippen molar-refractivity contribution in [1.82, 2.24) is 10.2 Å². The predicted molar refractivity (Wildman–Crippen MR) is 76.6 cm³/mol. The molecule has 1 aliphatic rings. The summed E-state index contributed by atoms with van der Waals surface area (Å²) in [6.45, 7) is 3.92. The maximum absolute atomic E-state index is 12.2. The van der Waals surface area contributed by atoms with Gasteiger partial charge in [0.15, 0.2) is 0 Å². The molecule has 1 aliphatic carbocycles. The van der Waals surface area contributed by atoms with Crippen molar-refractivity contribution in [3.05, 3.63) is 21.4 Å². The van der Waals surface area contributed by atoms with E-state index in [1.807, 2.05) is 19.9 Å². The van der Waals surface area contributed by atoms with E-state index in [2.05, 4.69) is 5.32 Å². The Hall–Kier alpha value is -1.36. The number of hydrogen-bond acceptors (Lipinski definition) is 3. The van der Waals surface area contributed by atoms with Crippen LogP contribution in [0.2, 0.25) is 0 Å². The maximum Gasteiger partial charge on any atom is 0.264 e. The minimum absolute atomic E-state index is 0.0571. The summed E-state index contributed by atoms with van der Waals surface area (Å²) in [6, 6.07) is 2.09. The maximum atomic E-state index is 12.2. The summed E-state index contributed by atoms with van der Waals surface area (Å²) in [5, 5.41) is 2.79. The Morgan fingerprint density at radius 2 is 2.16 bits per heavy atom. The summed E-state index contributed by atoms with van der Waals surface area (Å²) in [5.74, 6) is -0.173. The van der Waals surface area contributed by atoms with E-state index in [9.17, 15) is 9.59 Å². The fraction of sp³-hybridized carbons (Fsp3) is 0.571. The average molecular weight is 280 g/mol. The van der Waals surface area contributed by atoms with E-state index < -0.39 is 0 Å². The second-order valence-corrected chi connectivity index (χ2v) is 6.43. The SMILES string of the molecule is CC(C)NC(=O)CN(C)C(=O)c1cc2c(s1)CCC2. The Balaban J connectivity index is 1.96. The van der Waals surface area contributed by atoms with Gasteiger partial charge in [0.05, 0.1) is 11.4 Å². The van der Waals surface area contributed by atoms with E-state index in [1.54, 1.807) is 18.4 Å². The van der Waals surface area contributed by atoms with Crippen molar-refractivity contribution in [2.24, 2.45) is 0 Å². The molecule has 0 aromatic carbocycles. The van der Waals surface area contributed by atoms with Crippen LogP contribution in [0.15, 0.2) is 6.07 Å². The molecule has 5 heteroatoms. The van der Waals surface area contributed by atoms with Gasteiger partial charge < -0.3 is 10.2 Å². The summed E-state index contributed by atoms with van der Waals surface area (Å²) >= 11 is 1.58. The van der Waals surface area contributed by atoms with Crippen molar-refractivity contribution in [3.8, 4) is 0 Å². The fourth-order valence-corrected chi connectivity index (χ4v) is 3.53. The third kappa shape index (κ3) is 3.35. The molecule has 0 fully saturated rings. The van der Waals surface area contributed by atoms with Gasteiger partial charge in [-0.25, -0.2) is 0 Å². The molecule has 0 saturated carbocycles. The standard InChI is InChI=1S/C14H20N2O2S/c1-9(2)15-13(17)8-16(3)14(18)12-7-10-5-4-6-11(10)19-12/h7,9H,4-6,8H2,1-3H3,(H,15,17). The third-order valence-corrected chi connectivity index (χ3v) is 4.36. The van der Waals surface area contributed by atoms with Crippen LogP contribution in [0.1, 0.15) is 40.4 Å². The van der Waals surface area contributed by atoms with Gasteiger partial charge in [-0.2, -0.15) is 0 Å². The molecule has 4 nitrogen and oxygen atoms in total. The number of nitrogens with one attached hydrogen (secondary N) is 1. The molecule has 104 valence electrons. The molecule has 2 rings (SSSR count). The van der Waals surface area contributed by atoms with Crippen LogP contribution in [0.25, 0.3) is 0 Å². The number of carbonyl (C=O) groups is 2. The Morgan fingerprint density at radius 1 is 1.42 bits per heavy atom. The van der Waals surface area contributed by atoms with Crippen LogP contribution in [-0.2, 0) is 17.6 Å². The van der Waals surface area contributed by atoms with E-state index in [-0.39, 0.29) is 24.4 Å². The Bertz CT molecular complexity index is 472. The van der Waals surface area contributed by atoms with Gasteiger partial charge in [0.1, 0.15) is 0 Å². The van der Waals surface area contributed by atoms with Gasteiger partial charge in [0, 0.05) is 18.0 Å². The van der Waals surface area contributed by atoms with Crippen molar-refractivity contribution in [3.63, 3.8) is 0 Å². The van der Waals surface area contributed by atoms with Crippen LogP contribution in [0.3, 0.4) is 0 Å². The number of likely N-dealkylation sites (N-methyl/N-ethyl adjacent to an activating group) is 1. The van der Waals surface area contributed by atoms with Gasteiger partial charge >= 0.3 is 0 Å². The van der Waals surface area contributed by atoms with Crippen LogP contribution >= 0.6 is 11.3 Å². The van der Waals surface area contributed by atoms with E-state index >= 15 is 0 Å². The van der Waals surface area contributed by atoms with Crippen LogP contribution < -0.4 is 5.32 Å². The van der Waals surface area contributed by atoms with Gasteiger partial charge in [-0.15, -0.1) is 11.3 Å². The number of thiophene rings is 1. The highest BCUT2D eigenvalue weighted by Gasteiger charge is 2.21. The third-order valence-electron chi connectivity index (χ3n) is 3.13. The lowest BCUT2D eigenvalue weighted by molar-refractivity contribution is -0.122. The van der Waals surface area contributed by atoms with Gasteiger partial charge in [0.2, 0.25) is 5.91 Å². The summed E-state index contributed by atoms with van der Waals surface area (Å²) in [4.78, 5) is 27.4. The first-order valence-electron chi connectivity index (χ1n) is 6.63. The first-order valence-corrected chi connectivity index (χ1v) is 7.45. The predicted octanol–water partition coefficient (Wildman–Crippen LogP) is 1.83. The summed E-state index contributed by atoms with van der Waals surface area (Å²) in [7, 11) is 1.67. The van der Waals surface area contributed by atoms with Gasteiger partial charge in [0.25, 0.3) is 5.91 Å². The molecule has 0 bridgehead atoms. The number of hydrogen-bond donors (Lipinski definition) is 1. The monoisotopic (exact) mass is 280 g/mol. The number of aryl methyl sites for hydroxylation is 2. The van der Waals surface area contributed by atoms with Crippen molar-refractivity contribution in [1.29, 1.82) is 0 Å². The smallest absolute Gasteiger partial charge is 0.264 e. The topological polar surface area (TPSA) is 49.4 Å². The normalized spacial score (nSPS) is 13.5. The highest BCUT2D eigenvalue weighted by Crippen LogP contribution is 2.31. The van der Waals surface area contributed by atoms with Gasteiger partial charge in [-0.1, -0.05) is 0 Å². The summed E-state index contributed by atoms with van der Waals surface area (Å²) < 4.78 is 0. The lowest BCUT2D eigenvalue weighted by Crippen LogP contribution is -2.40. The molecule has 0 radical (unpaired) electrons. The summed E-state index contributed by atoms with van der Waals surface area (Å²) in [5.41, 5.74) is 1.31. The molecule has 0 unspecified atom stereocenters. The van der Waals surface area contributed by atoms with Gasteiger partial charge in [-0.3, -0.25) is 9.59 Å². The second-order valence-electron chi connectivity index (χ2n) is 5.30. The Morgan fingerprint density at radius 3 is 2.79 bits per heavy atom. The molecule has 0 aliphatic heterocycles. The number of amides is 2. The van der Waals surface area contributed by atoms with Crippen LogP contribution in [-0.4, -0.2) is 36.3 Å². The molecule has 2 amide bonds. The minimum Gasteiger partial charge on any atom is -0.352 e. The molecule has 0 spiro atoms. The first-order chi connectivity index (χ1) is 8.97. The summed E-state index contributed by atoms with van der Waals surface area (Å²) in [6.07, 6.45) is 3.36. The molecular weight excluding hydrogens is 260 g/mol. The van der Waals surface area contributed by atoms with Crippen LogP contribution in [0.4, 0.5) is 0 Å². The number of rotatable bonds is 4. The Kier molecular flexibility index (Phi) is 4.24. The average Bonchev–Trinajstić information content (AvgIpc) is 2.86. The number of fused-ring (bicyclic) bond motifs is 1. The lowest BCUT2D eigenvalue weighted by Gasteiger charge is -2.17. The quantitative estimate of drug-likeness (QED) is 0.915. The van der Waals surface area contributed by atoms with E-state index in [0.29, 0.717) is 0 Å². The lowest BCUT2D eigenvalue weighted by atomic mass is 10.2. The zero-order valence-electron chi connectivity index (χ0n) is 11.7. The molecule has 1 aromatic heterocycles. The molecule has 19 heavy (non-hydrogen) atoms. The van der Waals surface area contributed by atoms with E-state index in [4.69, 9.17) is 0 Å². The fourth-order valence-electron chi connectivity index (χ4n) is 2.28. The zero-order valence-corrected chi connectivity index (χ0v) is 12.5. The van der Waals surface area contributed by atoms with Crippen molar-refractivity contribution in [2.45, 2.75) is 39.2 Å². The highest BCUT2D eigenvalue weighted by molar-refractivity contribution is 7.14.